The van der Waals surface area contributed by atoms with Crippen molar-refractivity contribution in [2.75, 3.05) is 9.80 Å². The largest absolute Gasteiger partial charge is 0.310 e. The van der Waals surface area contributed by atoms with Gasteiger partial charge in [0.25, 0.3) is 0 Å². The van der Waals surface area contributed by atoms with Gasteiger partial charge in [0.15, 0.2) is 0 Å². The molecule has 300 valence electrons. The van der Waals surface area contributed by atoms with Gasteiger partial charge in [0.2, 0.25) is 6.71 Å². The van der Waals surface area contributed by atoms with E-state index in [2.05, 4.69) is 213 Å². The minimum Gasteiger partial charge on any atom is -0.310 e. The van der Waals surface area contributed by atoms with E-state index in [1.165, 1.54) is 79.1 Å². The summed E-state index contributed by atoms with van der Waals surface area (Å²) < 4.78 is 0. The molecule has 1 aromatic heterocycles. The molecule has 0 atom stereocenters. The summed E-state index contributed by atoms with van der Waals surface area (Å²) in [6.07, 6.45) is 4.52. The Labute approximate surface area is 358 Å². The van der Waals surface area contributed by atoms with Crippen molar-refractivity contribution in [1.82, 2.24) is 4.98 Å². The van der Waals surface area contributed by atoms with E-state index >= 15 is 0 Å². The highest BCUT2D eigenvalue weighted by atomic mass is 15.2. The van der Waals surface area contributed by atoms with Gasteiger partial charge in [0.05, 0.1) is 11.9 Å². The normalized spacial score (nSPS) is 15.2. The molecule has 3 nitrogen and oxygen atoms in total. The highest BCUT2D eigenvalue weighted by Crippen LogP contribution is 2.48. The molecule has 0 unspecified atom stereocenters. The number of hydrogen-bond acceptors (Lipinski definition) is 3. The molecular formula is C56H58BN3. The Bertz CT molecular complexity index is 2850. The maximum Gasteiger partial charge on any atom is 0.247 e. The fourth-order valence-corrected chi connectivity index (χ4v) is 10.1. The van der Waals surface area contributed by atoms with Crippen molar-refractivity contribution >= 4 is 68.0 Å². The Morgan fingerprint density at radius 3 is 1.87 bits per heavy atom. The average Bonchev–Trinajstić information content (AvgIpc) is 3.19. The Kier molecular flexibility index (Phi) is 8.49. The van der Waals surface area contributed by atoms with Crippen LogP contribution >= 0.6 is 0 Å². The van der Waals surface area contributed by atoms with E-state index in [1.54, 1.807) is 0 Å². The summed E-state index contributed by atoms with van der Waals surface area (Å²) in [7, 11) is 0. The smallest absolute Gasteiger partial charge is 0.247 e. The molecule has 0 N–H and O–H groups in total. The summed E-state index contributed by atoms with van der Waals surface area (Å²) in [4.78, 5) is 10.3. The molecule has 0 radical (unpaired) electrons. The maximum absolute atomic E-state index is 5.27. The van der Waals surface area contributed by atoms with Crippen LogP contribution in [0.25, 0.3) is 10.8 Å². The van der Waals surface area contributed by atoms with E-state index in [9.17, 15) is 0 Å². The zero-order valence-corrected chi connectivity index (χ0v) is 37.5. The fourth-order valence-electron chi connectivity index (χ4n) is 10.1. The highest BCUT2D eigenvalue weighted by Gasteiger charge is 2.47. The van der Waals surface area contributed by atoms with Crippen molar-refractivity contribution in [2.45, 2.75) is 111 Å². The Morgan fingerprint density at radius 2 is 1.22 bits per heavy atom. The molecular weight excluding hydrogens is 725 g/mol. The van der Waals surface area contributed by atoms with Crippen molar-refractivity contribution in [1.29, 1.82) is 0 Å². The first-order valence-corrected chi connectivity index (χ1v) is 22.0. The van der Waals surface area contributed by atoms with Crippen LogP contribution in [0.4, 0.5) is 34.1 Å². The summed E-state index contributed by atoms with van der Waals surface area (Å²) >= 11 is 0. The molecule has 4 heteroatoms. The van der Waals surface area contributed by atoms with Gasteiger partial charge in [0, 0.05) is 45.0 Å². The van der Waals surface area contributed by atoms with Crippen LogP contribution in [-0.2, 0) is 34.5 Å². The van der Waals surface area contributed by atoms with Gasteiger partial charge in [-0.05, 0) is 133 Å². The first-order valence-electron chi connectivity index (χ1n) is 22.0. The SMILES string of the molecule is CC(C)(C)c1ccc(N2c3cnc(C(C)(C)C)cc3B3c4cc(C(C)(C)C)ccc4C(C)(C)c4cc(N(c5ccccc5)c5ccc6cc7c(cc6c5)CC7)cc2c43)cc1. The summed E-state index contributed by atoms with van der Waals surface area (Å²) in [6, 6.07) is 46.9. The minimum atomic E-state index is -0.282. The van der Waals surface area contributed by atoms with E-state index in [0.717, 1.165) is 34.1 Å². The number of anilines is 6. The lowest BCUT2D eigenvalue weighted by atomic mass is 9.30. The van der Waals surface area contributed by atoms with Gasteiger partial charge in [-0.15, -0.1) is 0 Å². The van der Waals surface area contributed by atoms with Crippen molar-refractivity contribution < 1.29 is 0 Å². The Balaban J connectivity index is 1.29. The zero-order chi connectivity index (χ0) is 42.1. The monoisotopic (exact) mass is 783 g/mol. The lowest BCUT2D eigenvalue weighted by molar-refractivity contribution is 0.569. The number of fused-ring (bicyclic) bond motifs is 6. The molecule has 0 spiro atoms. The molecule has 60 heavy (non-hydrogen) atoms. The van der Waals surface area contributed by atoms with Crippen LogP contribution in [0.5, 0.6) is 0 Å². The maximum atomic E-state index is 5.27. The van der Waals surface area contributed by atoms with E-state index in [-0.39, 0.29) is 28.4 Å². The molecule has 0 saturated carbocycles. The quantitative estimate of drug-likeness (QED) is 0.166. The molecule has 0 amide bonds. The summed E-state index contributed by atoms with van der Waals surface area (Å²) in [5.41, 5.74) is 20.3. The number of nitrogens with zero attached hydrogens (tertiary/aromatic N) is 3. The van der Waals surface area contributed by atoms with E-state index < -0.39 is 0 Å². The number of pyridine rings is 1. The number of aromatic nitrogens is 1. The number of rotatable bonds is 4. The summed E-state index contributed by atoms with van der Waals surface area (Å²) in [5.74, 6) is 0. The van der Waals surface area contributed by atoms with Crippen LogP contribution in [0.1, 0.15) is 115 Å². The van der Waals surface area contributed by atoms with Crippen LogP contribution in [0.15, 0.2) is 128 Å². The Morgan fingerprint density at radius 1 is 0.550 bits per heavy atom. The van der Waals surface area contributed by atoms with Gasteiger partial charge in [-0.25, -0.2) is 0 Å². The molecule has 7 aromatic rings. The van der Waals surface area contributed by atoms with E-state index in [1.807, 2.05) is 0 Å². The van der Waals surface area contributed by atoms with Gasteiger partial charge in [0.1, 0.15) is 0 Å². The molecule has 3 heterocycles. The third-order valence-electron chi connectivity index (χ3n) is 13.8. The number of benzene rings is 6. The first-order chi connectivity index (χ1) is 28.4. The molecule has 6 aromatic carbocycles. The van der Waals surface area contributed by atoms with Gasteiger partial charge in [-0.3, -0.25) is 4.98 Å². The third-order valence-corrected chi connectivity index (χ3v) is 13.8. The second-order valence-electron chi connectivity index (χ2n) is 21.4. The predicted molar refractivity (Wildman–Crippen MR) is 258 cm³/mol. The molecule has 3 aliphatic rings. The topological polar surface area (TPSA) is 19.4 Å². The second-order valence-corrected chi connectivity index (χ2v) is 21.4. The molecule has 0 saturated heterocycles. The third kappa shape index (κ3) is 6.12. The number of hydrogen-bond donors (Lipinski definition) is 0. The number of para-hydroxylation sites is 1. The minimum absolute atomic E-state index is 0.0102. The van der Waals surface area contributed by atoms with Crippen molar-refractivity contribution in [3.8, 4) is 0 Å². The van der Waals surface area contributed by atoms with Crippen LogP contribution in [-0.4, -0.2) is 11.7 Å². The van der Waals surface area contributed by atoms with Crippen LogP contribution < -0.4 is 26.2 Å². The highest BCUT2D eigenvalue weighted by molar-refractivity contribution is 6.99. The van der Waals surface area contributed by atoms with Gasteiger partial charge in [-0.1, -0.05) is 148 Å². The standard InChI is InChI=1S/C56H58BN3/c1-53(2,3)39-20-24-42(25-21-39)60-49-32-44(59(41-15-13-12-14-16-41)43-23-19-37-27-35-17-18-36(35)28-38(37)29-43)31-46-52(49)57(48-33-51(55(7,8)9)58-34-50(48)60)47-30-40(54(4,5)6)22-26-45(47)56(46,10)11/h12-16,19-34H,17-18H2,1-11H3. The molecule has 10 rings (SSSR count). The molecule has 0 fully saturated rings. The molecule has 2 aliphatic heterocycles. The number of aryl methyl sites for hydroxylation is 2. The van der Waals surface area contributed by atoms with Crippen LogP contribution in [0.3, 0.4) is 0 Å². The van der Waals surface area contributed by atoms with Crippen molar-refractivity contribution in [2.24, 2.45) is 0 Å². The Hall–Kier alpha value is -5.61. The van der Waals surface area contributed by atoms with Crippen molar-refractivity contribution in [3.05, 3.63) is 167 Å². The predicted octanol–water partition coefficient (Wildman–Crippen LogP) is 12.6. The lowest BCUT2D eigenvalue weighted by Crippen LogP contribution is -2.64. The fraction of sp³-hybridized carbons (Fsp3) is 0.304. The van der Waals surface area contributed by atoms with Gasteiger partial charge >= 0.3 is 0 Å². The summed E-state index contributed by atoms with van der Waals surface area (Å²) in [6.45, 7) is 25.7. The second kappa shape index (κ2) is 13.2. The van der Waals surface area contributed by atoms with Gasteiger partial charge < -0.3 is 9.80 Å². The van der Waals surface area contributed by atoms with Gasteiger partial charge in [-0.2, -0.15) is 0 Å². The first kappa shape index (κ1) is 38.6. The van der Waals surface area contributed by atoms with E-state index in [4.69, 9.17) is 4.98 Å². The van der Waals surface area contributed by atoms with Crippen molar-refractivity contribution in [3.63, 3.8) is 0 Å². The summed E-state index contributed by atoms with van der Waals surface area (Å²) in [5, 5.41) is 2.61. The zero-order valence-electron chi connectivity index (χ0n) is 37.5. The van der Waals surface area contributed by atoms with E-state index in [0.29, 0.717) is 0 Å². The lowest BCUT2D eigenvalue weighted by Gasteiger charge is -2.46. The average molecular weight is 784 g/mol. The van der Waals surface area contributed by atoms with Crippen LogP contribution in [0.2, 0.25) is 0 Å². The molecule has 1 aliphatic carbocycles. The molecule has 0 bridgehead atoms. The van der Waals surface area contributed by atoms with Crippen LogP contribution in [0, 0.1) is 0 Å².